The molecule has 37 heavy (non-hydrogen) atoms. The first-order valence-electron chi connectivity index (χ1n) is 11.6. The minimum atomic E-state index is -1.43. The van der Waals surface area contributed by atoms with E-state index in [9.17, 15) is 24.3 Å². The van der Waals surface area contributed by atoms with Crippen molar-refractivity contribution in [3.8, 4) is 0 Å². The van der Waals surface area contributed by atoms with E-state index >= 15 is 0 Å². The molecule has 5 aliphatic heterocycles. The molecule has 6 heterocycles. The molecule has 16 heteroatoms. The maximum absolute atomic E-state index is 13.1. The number of thioether (sulfide) groups is 1. The first kappa shape index (κ1) is 25.4. The summed E-state index contributed by atoms with van der Waals surface area (Å²) in [6, 6.07) is -0.973. The molecular weight excluding hydrogens is 524 g/mol. The van der Waals surface area contributed by atoms with E-state index in [1.54, 1.807) is 0 Å². The number of aromatic nitrogens is 2. The highest BCUT2D eigenvalue weighted by molar-refractivity contribution is 8.00. The number of rotatable bonds is 8. The lowest BCUT2D eigenvalue weighted by atomic mass is 9.70. The predicted octanol–water partition coefficient (Wildman–Crippen LogP) is -2.64. The number of fused-ring (bicyclic) bond motifs is 4. The van der Waals surface area contributed by atoms with Crippen molar-refractivity contribution in [1.29, 1.82) is 0 Å². The van der Waals surface area contributed by atoms with Crippen molar-refractivity contribution in [2.45, 2.75) is 30.7 Å². The molecule has 0 spiro atoms. The van der Waals surface area contributed by atoms with E-state index in [1.807, 2.05) is 0 Å². The van der Waals surface area contributed by atoms with Gasteiger partial charge >= 0.3 is 0 Å². The van der Waals surface area contributed by atoms with Gasteiger partial charge in [-0.3, -0.25) is 19.3 Å². The SMILES string of the molecule is CO/N=C(/C(=O)NC1C(=O)N2C(C(=O)[O-])=C(C[N+]34CCC(C(N)=O)(CC3)CC4)CSC12)c1nsc(N)n1. The fourth-order valence-corrected chi connectivity index (χ4v) is 7.45. The molecule has 4 saturated heterocycles. The Morgan fingerprint density at radius 3 is 2.51 bits per heavy atom. The van der Waals surface area contributed by atoms with Gasteiger partial charge in [-0.1, -0.05) is 5.16 Å². The van der Waals surface area contributed by atoms with E-state index in [1.165, 1.54) is 23.8 Å². The first-order chi connectivity index (χ1) is 17.6. The monoisotopic (exact) mass is 550 g/mol. The minimum absolute atomic E-state index is 0.0447. The zero-order valence-corrected chi connectivity index (χ0v) is 21.6. The number of hydrogen-bond donors (Lipinski definition) is 3. The third-order valence-electron chi connectivity index (χ3n) is 7.82. The molecule has 0 aliphatic carbocycles. The van der Waals surface area contributed by atoms with Crippen molar-refractivity contribution in [2.24, 2.45) is 16.3 Å². The number of nitrogens with one attached hydrogen (secondary N) is 1. The van der Waals surface area contributed by atoms with Crippen LogP contribution in [0.3, 0.4) is 0 Å². The van der Waals surface area contributed by atoms with Crippen molar-refractivity contribution < 1.29 is 33.6 Å². The highest BCUT2D eigenvalue weighted by Crippen LogP contribution is 2.46. The Morgan fingerprint density at radius 2 is 1.97 bits per heavy atom. The van der Waals surface area contributed by atoms with Crippen LogP contribution in [0.25, 0.3) is 0 Å². The average molecular weight is 551 g/mol. The normalized spacial score (nSPS) is 31.0. The van der Waals surface area contributed by atoms with Crippen LogP contribution in [0.4, 0.5) is 5.13 Å². The molecule has 198 valence electrons. The molecule has 5 N–H and O–H groups in total. The summed E-state index contributed by atoms with van der Waals surface area (Å²) in [5.74, 6) is -2.68. The zero-order chi connectivity index (χ0) is 26.5. The summed E-state index contributed by atoms with van der Waals surface area (Å²) < 4.78 is 4.61. The number of aliphatic carboxylic acids is 1. The maximum Gasteiger partial charge on any atom is 0.278 e. The smallest absolute Gasteiger partial charge is 0.278 e. The van der Waals surface area contributed by atoms with Gasteiger partial charge in [0.25, 0.3) is 11.8 Å². The fourth-order valence-electron chi connectivity index (χ4n) is 5.68. The molecule has 0 saturated carbocycles. The van der Waals surface area contributed by atoms with Gasteiger partial charge < -0.3 is 36.0 Å². The number of amides is 3. The van der Waals surface area contributed by atoms with E-state index in [0.29, 0.717) is 41.6 Å². The summed E-state index contributed by atoms with van der Waals surface area (Å²) in [5, 5.41) is 18.0. The number of anilines is 1. The van der Waals surface area contributed by atoms with Gasteiger partial charge in [0.1, 0.15) is 25.1 Å². The second kappa shape index (κ2) is 9.25. The number of carbonyl (C=O) groups excluding carboxylic acids is 4. The maximum atomic E-state index is 13.1. The number of nitrogens with two attached hydrogens (primary N) is 2. The molecule has 0 aromatic carbocycles. The lowest BCUT2D eigenvalue weighted by molar-refractivity contribution is -0.940. The summed E-state index contributed by atoms with van der Waals surface area (Å²) >= 11 is 2.25. The average Bonchev–Trinajstić information content (AvgIpc) is 3.31. The number of nitrogen functional groups attached to an aromatic ring is 1. The van der Waals surface area contributed by atoms with Crippen molar-refractivity contribution >= 4 is 57.8 Å². The lowest BCUT2D eigenvalue weighted by Gasteiger charge is -2.55. The quantitative estimate of drug-likeness (QED) is 0.133. The molecule has 5 aliphatic rings. The molecular formula is C21H26N8O6S2. The molecule has 14 nitrogen and oxygen atoms in total. The van der Waals surface area contributed by atoms with Crippen molar-refractivity contribution in [3.05, 3.63) is 17.1 Å². The summed E-state index contributed by atoms with van der Waals surface area (Å²) in [4.78, 5) is 60.0. The standard InChI is InChI=1S/C21H26N8O6S2/c1-35-26-11(14-25-20(23)37-27-14)15(30)24-12-16(31)28-13(18(32)33)10(9-36-17(12)28)8-29-5-2-21(3-6-29,4-7-29)19(22)34/h12,17H,2-9H2,1H3,(H5-,22,23,24,25,27,30,32,33,34)/b26-11+. The highest BCUT2D eigenvalue weighted by atomic mass is 32.2. The van der Waals surface area contributed by atoms with Gasteiger partial charge in [0.2, 0.25) is 17.4 Å². The number of carbonyl (C=O) groups is 4. The topological polar surface area (TPSA) is 206 Å². The highest BCUT2D eigenvalue weighted by Gasteiger charge is 2.56. The zero-order valence-electron chi connectivity index (χ0n) is 20.0. The Bertz CT molecular complexity index is 1220. The summed E-state index contributed by atoms with van der Waals surface area (Å²) in [5.41, 5.74) is 11.0. The molecule has 1 aromatic heterocycles. The summed E-state index contributed by atoms with van der Waals surface area (Å²) in [7, 11) is 1.25. The number of carboxylic acids is 1. The molecule has 2 unspecified atom stereocenters. The van der Waals surface area contributed by atoms with Crippen molar-refractivity contribution in [1.82, 2.24) is 19.6 Å². The molecule has 0 radical (unpaired) electrons. The second-order valence-corrected chi connectivity index (χ2v) is 11.6. The Kier molecular flexibility index (Phi) is 6.35. The molecule has 3 amide bonds. The first-order valence-corrected chi connectivity index (χ1v) is 13.5. The number of β-lactam (4-membered cyclic amide) rings is 1. The van der Waals surface area contributed by atoms with Crippen LogP contribution in [0.5, 0.6) is 0 Å². The number of quaternary nitrogens is 1. The number of piperidine rings is 3. The number of primary amides is 1. The Labute approximate surface area is 219 Å². The number of carboxylic acid groups (broad SMARTS) is 1. The lowest BCUT2D eigenvalue weighted by Crippen LogP contribution is -2.72. The van der Waals surface area contributed by atoms with Crippen molar-refractivity contribution in [2.75, 3.05) is 44.8 Å². The molecule has 4 fully saturated rings. The van der Waals surface area contributed by atoms with Crippen LogP contribution >= 0.6 is 23.3 Å². The molecule has 1 aromatic rings. The van der Waals surface area contributed by atoms with E-state index in [-0.39, 0.29) is 28.3 Å². The van der Waals surface area contributed by atoms with Gasteiger partial charge in [-0.15, -0.1) is 11.8 Å². The van der Waals surface area contributed by atoms with E-state index in [0.717, 1.165) is 31.2 Å². The van der Waals surface area contributed by atoms with Gasteiger partial charge in [-0.25, -0.2) is 0 Å². The summed E-state index contributed by atoms with van der Waals surface area (Å²) in [6.07, 6.45) is 2.02. The molecule has 2 atom stereocenters. The van der Waals surface area contributed by atoms with Gasteiger partial charge in [-0.2, -0.15) is 9.36 Å². The Morgan fingerprint density at radius 1 is 1.30 bits per heavy atom. The number of oxime groups is 1. The fraction of sp³-hybridized carbons (Fsp3) is 0.571. The Hall–Kier alpha value is -3.24. The van der Waals surface area contributed by atoms with E-state index in [4.69, 9.17) is 16.3 Å². The van der Waals surface area contributed by atoms with Crippen LogP contribution in [0.2, 0.25) is 0 Å². The largest absolute Gasteiger partial charge is 0.543 e. The van der Waals surface area contributed by atoms with Crippen LogP contribution in [0.15, 0.2) is 16.4 Å². The summed E-state index contributed by atoms with van der Waals surface area (Å²) in [6.45, 7) is 2.64. The van der Waals surface area contributed by atoms with Gasteiger partial charge in [0.15, 0.2) is 5.13 Å². The van der Waals surface area contributed by atoms with Crippen molar-refractivity contribution in [3.63, 3.8) is 0 Å². The molecule has 2 bridgehead atoms. The number of hydrogen-bond acceptors (Lipinski definition) is 12. The second-order valence-electron chi connectivity index (χ2n) is 9.74. The van der Waals surface area contributed by atoms with Crippen LogP contribution in [-0.4, -0.2) is 98.6 Å². The van der Waals surface area contributed by atoms with Crippen LogP contribution in [0.1, 0.15) is 25.1 Å². The minimum Gasteiger partial charge on any atom is -0.543 e. The Balaban J connectivity index is 1.32. The van der Waals surface area contributed by atoms with Gasteiger partial charge in [0.05, 0.1) is 36.7 Å². The van der Waals surface area contributed by atoms with Crippen LogP contribution in [0, 0.1) is 5.41 Å². The predicted molar refractivity (Wildman–Crippen MR) is 130 cm³/mol. The third kappa shape index (κ3) is 4.21. The molecule has 6 rings (SSSR count). The third-order valence-corrected chi connectivity index (χ3v) is 9.70. The van der Waals surface area contributed by atoms with E-state index < -0.39 is 34.6 Å². The number of nitrogens with zero attached hydrogens (tertiary/aromatic N) is 5. The van der Waals surface area contributed by atoms with Gasteiger partial charge in [0, 0.05) is 42.1 Å². The van der Waals surface area contributed by atoms with Crippen LogP contribution < -0.4 is 21.9 Å². The van der Waals surface area contributed by atoms with Gasteiger partial charge in [-0.05, 0) is 0 Å². The van der Waals surface area contributed by atoms with E-state index in [2.05, 4.69) is 19.8 Å². The van der Waals surface area contributed by atoms with Crippen LogP contribution in [-0.2, 0) is 24.0 Å².